The van der Waals surface area contributed by atoms with Gasteiger partial charge in [-0.3, -0.25) is 4.79 Å². The largest absolute Gasteiger partial charge is 0.343 e. The monoisotopic (exact) mass is 485 g/mol. The summed E-state index contributed by atoms with van der Waals surface area (Å²) in [6, 6.07) is 10.3. The molecule has 1 saturated heterocycles. The maximum absolute atomic E-state index is 12.8. The van der Waals surface area contributed by atoms with E-state index in [1.807, 2.05) is 24.7 Å². The summed E-state index contributed by atoms with van der Waals surface area (Å²) >= 11 is 6.00. The van der Waals surface area contributed by atoms with E-state index in [-0.39, 0.29) is 23.0 Å². The molecule has 1 aliphatic heterocycles. The molecule has 0 saturated carbocycles. The van der Waals surface area contributed by atoms with Crippen LogP contribution in [0.3, 0.4) is 0 Å². The van der Waals surface area contributed by atoms with Crippen molar-refractivity contribution >= 4 is 44.2 Å². The first-order valence-electron chi connectivity index (χ1n) is 11.1. The van der Waals surface area contributed by atoms with E-state index in [2.05, 4.69) is 17.1 Å². The Hall–Kier alpha value is -2.64. The number of aromatic nitrogens is 2. The van der Waals surface area contributed by atoms with Crippen LogP contribution in [0.25, 0.3) is 16.8 Å². The zero-order valence-corrected chi connectivity index (χ0v) is 20.4. The Morgan fingerprint density at radius 2 is 1.85 bits per heavy atom. The number of likely N-dealkylation sites (tertiary alicyclic amines) is 1. The van der Waals surface area contributed by atoms with Crippen LogP contribution in [-0.2, 0) is 21.7 Å². The molecule has 0 radical (unpaired) electrons. The van der Waals surface area contributed by atoms with Crippen molar-refractivity contribution in [3.63, 3.8) is 0 Å². The van der Waals surface area contributed by atoms with Gasteiger partial charge < -0.3 is 9.47 Å². The van der Waals surface area contributed by atoms with Crippen LogP contribution in [0.1, 0.15) is 30.8 Å². The van der Waals surface area contributed by atoms with Crippen molar-refractivity contribution in [2.24, 2.45) is 13.0 Å². The lowest BCUT2D eigenvalue weighted by Gasteiger charge is -2.30. The Morgan fingerprint density at radius 3 is 2.55 bits per heavy atom. The second-order valence-corrected chi connectivity index (χ2v) is 11.1. The smallest absolute Gasteiger partial charge is 0.223 e. The zero-order valence-electron chi connectivity index (χ0n) is 18.9. The lowest BCUT2D eigenvalue weighted by Crippen LogP contribution is -2.38. The van der Waals surface area contributed by atoms with E-state index in [1.165, 1.54) is 0 Å². The van der Waals surface area contributed by atoms with Crippen molar-refractivity contribution in [1.29, 1.82) is 0 Å². The number of sulfone groups is 1. The summed E-state index contributed by atoms with van der Waals surface area (Å²) in [5.41, 5.74) is 1.06. The number of halogens is 1. The van der Waals surface area contributed by atoms with Crippen molar-refractivity contribution in [2.45, 2.75) is 31.1 Å². The van der Waals surface area contributed by atoms with E-state index in [0.717, 1.165) is 35.1 Å². The molecule has 0 bridgehead atoms. The first kappa shape index (κ1) is 23.5. The number of amides is 1. The molecule has 1 fully saturated rings. The molecule has 0 spiro atoms. The number of imidazole rings is 1. The van der Waals surface area contributed by atoms with Gasteiger partial charge in [-0.2, -0.15) is 0 Å². The first-order valence-corrected chi connectivity index (χ1v) is 13.1. The van der Waals surface area contributed by atoms with Gasteiger partial charge >= 0.3 is 0 Å². The Bertz CT molecular complexity index is 1310. The quantitative estimate of drug-likeness (QED) is 0.509. The van der Waals surface area contributed by atoms with Crippen LogP contribution in [-0.4, -0.2) is 47.6 Å². The number of hydrogen-bond acceptors (Lipinski definition) is 4. The lowest BCUT2D eigenvalue weighted by atomic mass is 9.96. The number of rotatable bonds is 6. The number of allylic oxidation sites excluding steroid dienone is 1. The fourth-order valence-corrected chi connectivity index (χ4v) is 5.58. The molecular formula is C25H28ClN3O3S. The second kappa shape index (κ2) is 9.69. The van der Waals surface area contributed by atoms with Crippen LogP contribution in [0.15, 0.2) is 53.6 Å². The number of aryl methyl sites for hydroxylation is 1. The van der Waals surface area contributed by atoms with Gasteiger partial charge in [0.15, 0.2) is 9.84 Å². The highest BCUT2D eigenvalue weighted by Gasteiger charge is 2.24. The molecule has 6 nitrogen and oxygen atoms in total. The van der Waals surface area contributed by atoms with Crippen molar-refractivity contribution in [3.05, 3.63) is 65.2 Å². The van der Waals surface area contributed by atoms with Crippen molar-refractivity contribution in [2.75, 3.05) is 18.8 Å². The van der Waals surface area contributed by atoms with Gasteiger partial charge in [0.25, 0.3) is 0 Å². The van der Waals surface area contributed by atoms with Crippen molar-refractivity contribution in [3.8, 4) is 0 Å². The summed E-state index contributed by atoms with van der Waals surface area (Å²) in [6.07, 6.45) is 7.88. The molecule has 0 unspecified atom stereocenters. The Kier molecular flexibility index (Phi) is 6.91. The third kappa shape index (κ3) is 5.47. The maximum atomic E-state index is 12.8. The average Bonchev–Trinajstić information content (AvgIpc) is 3.13. The highest BCUT2D eigenvalue weighted by atomic mass is 35.5. The highest BCUT2D eigenvalue weighted by molar-refractivity contribution is 7.91. The van der Waals surface area contributed by atoms with Crippen LogP contribution in [0.2, 0.25) is 5.02 Å². The predicted octanol–water partition coefficient (Wildman–Crippen LogP) is 4.65. The fourth-order valence-electron chi connectivity index (χ4n) is 4.14. The van der Waals surface area contributed by atoms with E-state index in [0.29, 0.717) is 24.0 Å². The molecule has 8 heteroatoms. The number of benzene rings is 2. The van der Waals surface area contributed by atoms with Crippen LogP contribution in [0.5, 0.6) is 0 Å². The number of hydrogen-bond donors (Lipinski definition) is 0. The topological polar surface area (TPSA) is 72.3 Å². The molecule has 1 amide bonds. The third-order valence-electron chi connectivity index (χ3n) is 6.41. The van der Waals surface area contributed by atoms with Gasteiger partial charge in [0, 0.05) is 31.6 Å². The van der Waals surface area contributed by atoms with E-state index in [1.54, 1.807) is 41.3 Å². The lowest BCUT2D eigenvalue weighted by molar-refractivity contribution is -0.131. The Morgan fingerprint density at radius 1 is 1.15 bits per heavy atom. The molecule has 4 rings (SSSR count). The molecule has 33 heavy (non-hydrogen) atoms. The van der Waals surface area contributed by atoms with Gasteiger partial charge in [-0.1, -0.05) is 29.8 Å². The highest BCUT2D eigenvalue weighted by Crippen LogP contribution is 2.24. The fraction of sp³-hybridized carbons (Fsp3) is 0.360. The minimum Gasteiger partial charge on any atom is -0.343 e. The molecule has 1 aliphatic rings. The van der Waals surface area contributed by atoms with Crippen LogP contribution >= 0.6 is 11.6 Å². The summed E-state index contributed by atoms with van der Waals surface area (Å²) in [6.45, 7) is 3.27. The Labute approximate surface area is 199 Å². The second-order valence-electron chi connectivity index (χ2n) is 8.59. The van der Waals surface area contributed by atoms with Crippen molar-refractivity contribution in [1.82, 2.24) is 14.5 Å². The van der Waals surface area contributed by atoms with Crippen LogP contribution in [0, 0.1) is 12.8 Å². The first-order chi connectivity index (χ1) is 15.7. The van der Waals surface area contributed by atoms with Gasteiger partial charge in [-0.25, -0.2) is 13.4 Å². The molecular weight excluding hydrogens is 458 g/mol. The predicted molar refractivity (Wildman–Crippen MR) is 132 cm³/mol. The van der Waals surface area contributed by atoms with Crippen LogP contribution < -0.4 is 0 Å². The molecule has 0 atom stereocenters. The normalized spacial score (nSPS) is 15.5. The van der Waals surface area contributed by atoms with E-state index in [4.69, 9.17) is 11.6 Å². The number of fused-ring (bicyclic) bond motifs is 1. The number of nitrogens with zero attached hydrogens (tertiary/aromatic N) is 3. The minimum absolute atomic E-state index is 0.00418. The molecule has 2 heterocycles. The molecule has 0 aliphatic carbocycles. The van der Waals surface area contributed by atoms with Gasteiger partial charge in [0.2, 0.25) is 5.91 Å². The summed E-state index contributed by atoms with van der Waals surface area (Å²) in [5, 5.41) is 2.30. The Balaban J connectivity index is 1.31. The van der Waals surface area contributed by atoms with Gasteiger partial charge in [0.05, 0.1) is 22.5 Å². The number of carbonyl (C=O) groups excluding carboxylic acids is 1. The summed E-state index contributed by atoms with van der Waals surface area (Å²) in [5.74, 6) is 1.08. The summed E-state index contributed by atoms with van der Waals surface area (Å²) < 4.78 is 27.7. The van der Waals surface area contributed by atoms with E-state index in [9.17, 15) is 13.2 Å². The molecule has 0 N–H and O–H groups in total. The molecule has 174 valence electrons. The van der Waals surface area contributed by atoms with Gasteiger partial charge in [-0.05, 0) is 66.8 Å². The standard InChI is InChI=1S/C25H28ClN3O3S/c1-18-27-17-23(28(18)2)7-3-19-9-12-29(13-10-19)25(30)11-14-33(31,32)24-8-5-20-15-22(26)6-4-21(20)16-24/h3-8,15-17,19H,9-14H2,1-2H3/b7-3-. The maximum Gasteiger partial charge on any atom is 0.223 e. The van der Waals surface area contributed by atoms with Crippen LogP contribution in [0.4, 0.5) is 0 Å². The summed E-state index contributed by atoms with van der Waals surface area (Å²) in [4.78, 5) is 19.0. The van der Waals surface area contributed by atoms with Crippen molar-refractivity contribution < 1.29 is 13.2 Å². The SMILES string of the molecule is Cc1ncc(/C=C\C2CCN(C(=O)CCS(=O)(=O)c3ccc4cc(Cl)ccc4c3)CC2)n1C. The molecule has 3 aromatic rings. The number of carbonyl (C=O) groups is 1. The number of piperidine rings is 1. The molecule has 2 aromatic carbocycles. The van der Waals surface area contributed by atoms with E-state index >= 15 is 0 Å². The van der Waals surface area contributed by atoms with Gasteiger partial charge in [-0.15, -0.1) is 0 Å². The minimum atomic E-state index is -3.55. The molecule has 1 aromatic heterocycles. The van der Waals surface area contributed by atoms with E-state index < -0.39 is 9.84 Å². The third-order valence-corrected chi connectivity index (χ3v) is 8.35. The summed E-state index contributed by atoms with van der Waals surface area (Å²) in [7, 11) is -1.56. The zero-order chi connectivity index (χ0) is 23.6. The van der Waals surface area contributed by atoms with Gasteiger partial charge in [0.1, 0.15) is 5.82 Å². The average molecular weight is 486 g/mol.